The molecule has 3 heteroatoms. The van der Waals surface area contributed by atoms with Crippen LogP contribution in [0.25, 0.3) is 0 Å². The van der Waals surface area contributed by atoms with Gasteiger partial charge in [-0.1, -0.05) is 41.9 Å². The summed E-state index contributed by atoms with van der Waals surface area (Å²) in [5.41, 5.74) is 1.42. The summed E-state index contributed by atoms with van der Waals surface area (Å²) < 4.78 is 11.1. The van der Waals surface area contributed by atoms with Crippen LogP contribution in [0.2, 0.25) is 0 Å². The standard InChI is InChI=1S/C15H23BrO2/c1-4-15(5-2,11-16)12-18-10-13-7-6-8-14(9-13)17-3/h6-9H,4-5,10-12H2,1-3H3. The summed E-state index contributed by atoms with van der Waals surface area (Å²) in [4.78, 5) is 0. The van der Waals surface area contributed by atoms with Crippen molar-refractivity contribution in [3.8, 4) is 5.75 Å². The molecular formula is C15H23BrO2. The van der Waals surface area contributed by atoms with Gasteiger partial charge in [0, 0.05) is 10.7 Å². The highest BCUT2D eigenvalue weighted by Crippen LogP contribution is 2.29. The lowest BCUT2D eigenvalue weighted by atomic mass is 9.86. The lowest BCUT2D eigenvalue weighted by Gasteiger charge is -2.29. The molecule has 1 aromatic rings. The summed E-state index contributed by atoms with van der Waals surface area (Å²) in [5.74, 6) is 0.883. The van der Waals surface area contributed by atoms with Crippen LogP contribution in [0.15, 0.2) is 24.3 Å². The molecule has 0 aliphatic heterocycles. The predicted molar refractivity (Wildman–Crippen MR) is 79.5 cm³/mol. The molecule has 0 atom stereocenters. The van der Waals surface area contributed by atoms with E-state index in [1.807, 2.05) is 18.2 Å². The van der Waals surface area contributed by atoms with Crippen molar-refractivity contribution in [1.29, 1.82) is 0 Å². The molecule has 18 heavy (non-hydrogen) atoms. The fourth-order valence-electron chi connectivity index (χ4n) is 1.83. The van der Waals surface area contributed by atoms with E-state index in [0.717, 1.165) is 36.1 Å². The monoisotopic (exact) mass is 314 g/mol. The fraction of sp³-hybridized carbons (Fsp3) is 0.600. The highest BCUT2D eigenvalue weighted by Gasteiger charge is 2.24. The van der Waals surface area contributed by atoms with Crippen molar-refractivity contribution >= 4 is 15.9 Å². The smallest absolute Gasteiger partial charge is 0.119 e. The lowest BCUT2D eigenvalue weighted by molar-refractivity contribution is 0.0412. The minimum atomic E-state index is 0.263. The maximum atomic E-state index is 5.87. The van der Waals surface area contributed by atoms with E-state index in [9.17, 15) is 0 Å². The topological polar surface area (TPSA) is 18.5 Å². The second kappa shape index (κ2) is 7.80. The Bertz CT molecular complexity index is 340. The summed E-state index contributed by atoms with van der Waals surface area (Å²) in [7, 11) is 1.68. The number of alkyl halides is 1. The molecule has 102 valence electrons. The van der Waals surface area contributed by atoms with Gasteiger partial charge in [0.15, 0.2) is 0 Å². The Labute approximate surface area is 119 Å². The molecule has 0 N–H and O–H groups in total. The first kappa shape index (κ1) is 15.5. The Morgan fingerprint density at radius 2 is 1.94 bits per heavy atom. The Kier molecular flexibility index (Phi) is 6.72. The van der Waals surface area contributed by atoms with Crippen LogP contribution in [0, 0.1) is 5.41 Å². The third-order valence-electron chi connectivity index (χ3n) is 3.59. The van der Waals surface area contributed by atoms with E-state index in [-0.39, 0.29) is 5.41 Å². The van der Waals surface area contributed by atoms with Gasteiger partial charge < -0.3 is 9.47 Å². The molecule has 0 aromatic heterocycles. The molecule has 0 radical (unpaired) electrons. The van der Waals surface area contributed by atoms with Crippen molar-refractivity contribution in [2.45, 2.75) is 33.3 Å². The Morgan fingerprint density at radius 3 is 2.50 bits per heavy atom. The first-order valence-corrected chi connectivity index (χ1v) is 7.58. The van der Waals surface area contributed by atoms with E-state index in [1.54, 1.807) is 7.11 Å². The van der Waals surface area contributed by atoms with Gasteiger partial charge in [0.25, 0.3) is 0 Å². The van der Waals surface area contributed by atoms with Gasteiger partial charge in [-0.3, -0.25) is 0 Å². The average Bonchev–Trinajstić information content (AvgIpc) is 2.44. The van der Waals surface area contributed by atoms with Gasteiger partial charge >= 0.3 is 0 Å². The molecule has 0 amide bonds. The van der Waals surface area contributed by atoms with Gasteiger partial charge in [-0.15, -0.1) is 0 Å². The first-order valence-electron chi connectivity index (χ1n) is 6.46. The first-order chi connectivity index (χ1) is 8.69. The van der Waals surface area contributed by atoms with Crippen molar-refractivity contribution in [2.75, 3.05) is 19.0 Å². The number of rotatable bonds is 8. The molecular weight excluding hydrogens is 292 g/mol. The second-order valence-electron chi connectivity index (χ2n) is 4.69. The van der Waals surface area contributed by atoms with Crippen LogP contribution in [0.3, 0.4) is 0 Å². The van der Waals surface area contributed by atoms with E-state index in [0.29, 0.717) is 6.61 Å². The quantitative estimate of drug-likeness (QED) is 0.661. The van der Waals surface area contributed by atoms with Crippen molar-refractivity contribution in [3.63, 3.8) is 0 Å². The van der Waals surface area contributed by atoms with Crippen LogP contribution in [0.4, 0.5) is 0 Å². The normalized spacial score (nSPS) is 11.6. The molecule has 1 aromatic carbocycles. The number of hydrogen-bond acceptors (Lipinski definition) is 2. The summed E-state index contributed by atoms with van der Waals surface area (Å²) in [6, 6.07) is 8.03. The molecule has 0 fully saturated rings. The van der Waals surface area contributed by atoms with Gasteiger partial charge in [-0.2, -0.15) is 0 Å². The maximum Gasteiger partial charge on any atom is 0.119 e. The maximum absolute atomic E-state index is 5.87. The average molecular weight is 315 g/mol. The molecule has 0 aliphatic carbocycles. The van der Waals surface area contributed by atoms with E-state index in [4.69, 9.17) is 9.47 Å². The Morgan fingerprint density at radius 1 is 1.22 bits per heavy atom. The van der Waals surface area contributed by atoms with E-state index < -0.39 is 0 Å². The Balaban J connectivity index is 2.49. The van der Waals surface area contributed by atoms with E-state index in [2.05, 4.69) is 35.8 Å². The molecule has 0 bridgehead atoms. The molecule has 0 spiro atoms. The largest absolute Gasteiger partial charge is 0.497 e. The number of hydrogen-bond donors (Lipinski definition) is 0. The third kappa shape index (κ3) is 4.29. The number of benzene rings is 1. The summed E-state index contributed by atoms with van der Waals surface area (Å²) in [5, 5.41) is 0.991. The highest BCUT2D eigenvalue weighted by molar-refractivity contribution is 9.09. The van der Waals surface area contributed by atoms with Crippen molar-refractivity contribution in [2.24, 2.45) is 5.41 Å². The molecule has 2 nitrogen and oxygen atoms in total. The zero-order chi connectivity index (χ0) is 13.4. The second-order valence-corrected chi connectivity index (χ2v) is 5.25. The number of halogens is 1. The zero-order valence-electron chi connectivity index (χ0n) is 11.5. The summed E-state index contributed by atoms with van der Waals surface area (Å²) in [6.45, 7) is 5.88. The predicted octanol–water partition coefficient (Wildman–Crippen LogP) is 4.41. The minimum absolute atomic E-state index is 0.263. The third-order valence-corrected chi connectivity index (χ3v) is 4.78. The van der Waals surface area contributed by atoms with Gasteiger partial charge in [0.05, 0.1) is 20.3 Å². The molecule has 0 heterocycles. The van der Waals surface area contributed by atoms with Crippen LogP contribution < -0.4 is 4.74 Å². The van der Waals surface area contributed by atoms with Crippen LogP contribution >= 0.6 is 15.9 Å². The van der Waals surface area contributed by atoms with E-state index >= 15 is 0 Å². The molecule has 0 saturated carbocycles. The zero-order valence-corrected chi connectivity index (χ0v) is 13.1. The summed E-state index contributed by atoms with van der Waals surface area (Å²) >= 11 is 3.60. The van der Waals surface area contributed by atoms with Crippen molar-refractivity contribution in [1.82, 2.24) is 0 Å². The minimum Gasteiger partial charge on any atom is -0.497 e. The number of methoxy groups -OCH3 is 1. The van der Waals surface area contributed by atoms with Gasteiger partial charge in [-0.25, -0.2) is 0 Å². The van der Waals surface area contributed by atoms with Gasteiger partial charge in [-0.05, 0) is 30.5 Å². The van der Waals surface area contributed by atoms with Crippen LogP contribution in [0.5, 0.6) is 5.75 Å². The van der Waals surface area contributed by atoms with E-state index in [1.165, 1.54) is 0 Å². The van der Waals surface area contributed by atoms with Crippen molar-refractivity contribution in [3.05, 3.63) is 29.8 Å². The molecule has 0 saturated heterocycles. The van der Waals surface area contributed by atoms with Crippen molar-refractivity contribution < 1.29 is 9.47 Å². The molecule has 1 rings (SSSR count). The highest BCUT2D eigenvalue weighted by atomic mass is 79.9. The van der Waals surface area contributed by atoms with Crippen LogP contribution in [-0.4, -0.2) is 19.0 Å². The Hall–Kier alpha value is -0.540. The molecule has 0 aliphatic rings. The van der Waals surface area contributed by atoms with Gasteiger partial charge in [0.1, 0.15) is 5.75 Å². The van der Waals surface area contributed by atoms with Gasteiger partial charge in [0.2, 0.25) is 0 Å². The molecule has 0 unspecified atom stereocenters. The number of ether oxygens (including phenoxy) is 2. The lowest BCUT2D eigenvalue weighted by Crippen LogP contribution is -2.27. The summed E-state index contributed by atoms with van der Waals surface area (Å²) in [6.07, 6.45) is 2.26. The fourth-order valence-corrected chi connectivity index (χ4v) is 2.78. The van der Waals surface area contributed by atoms with Crippen LogP contribution in [-0.2, 0) is 11.3 Å². The SMILES string of the molecule is CCC(CC)(CBr)COCc1cccc(OC)c1. The van der Waals surface area contributed by atoms with Crippen LogP contribution in [0.1, 0.15) is 32.3 Å².